The number of benzene rings is 1. The molecular weight excluding hydrogens is 212 g/mol. The number of hydrogen-bond donors (Lipinski definition) is 1. The summed E-state index contributed by atoms with van der Waals surface area (Å²) in [7, 11) is 0. The lowest BCUT2D eigenvalue weighted by atomic mass is 9.75. The van der Waals surface area contributed by atoms with Crippen LogP contribution in [-0.2, 0) is 4.79 Å². The van der Waals surface area contributed by atoms with E-state index in [-0.39, 0.29) is 11.8 Å². The van der Waals surface area contributed by atoms with Crippen molar-refractivity contribution in [3.8, 4) is 0 Å². The van der Waals surface area contributed by atoms with Gasteiger partial charge >= 0.3 is 5.97 Å². The third-order valence-corrected chi connectivity index (χ3v) is 3.76. The van der Waals surface area contributed by atoms with Crippen molar-refractivity contribution in [1.29, 1.82) is 0 Å². The number of aliphatic carboxylic acids is 1. The normalized spacial score (nSPS) is 24.6. The minimum absolute atomic E-state index is 0.190. The zero-order chi connectivity index (χ0) is 12.4. The Kier molecular flexibility index (Phi) is 3.51. The van der Waals surface area contributed by atoms with E-state index in [1.165, 1.54) is 16.7 Å². The maximum absolute atomic E-state index is 11.3. The van der Waals surface area contributed by atoms with Crippen molar-refractivity contribution in [1.82, 2.24) is 0 Å². The molecular formula is C15H20O2. The third kappa shape index (κ3) is 2.68. The van der Waals surface area contributed by atoms with Gasteiger partial charge in [-0.15, -0.1) is 0 Å². The topological polar surface area (TPSA) is 37.3 Å². The molecule has 0 bridgehead atoms. The van der Waals surface area contributed by atoms with Gasteiger partial charge in [-0.25, -0.2) is 0 Å². The average molecular weight is 232 g/mol. The third-order valence-electron chi connectivity index (χ3n) is 3.76. The Morgan fingerprint density at radius 3 is 2.29 bits per heavy atom. The van der Waals surface area contributed by atoms with Gasteiger partial charge in [0.15, 0.2) is 0 Å². The SMILES string of the molecule is Cc1cc(C)cc(C2CCCCC2C(=O)O)c1. The first kappa shape index (κ1) is 12.2. The van der Waals surface area contributed by atoms with Crippen LogP contribution in [-0.4, -0.2) is 11.1 Å². The van der Waals surface area contributed by atoms with E-state index in [9.17, 15) is 9.90 Å². The molecule has 1 saturated carbocycles. The predicted molar refractivity (Wildman–Crippen MR) is 68.3 cm³/mol. The van der Waals surface area contributed by atoms with Crippen molar-refractivity contribution in [3.05, 3.63) is 34.9 Å². The molecule has 0 aliphatic heterocycles. The van der Waals surface area contributed by atoms with E-state index in [0.29, 0.717) is 0 Å². The number of rotatable bonds is 2. The summed E-state index contributed by atoms with van der Waals surface area (Å²) in [5.41, 5.74) is 3.68. The van der Waals surface area contributed by atoms with Crippen LogP contribution in [0.4, 0.5) is 0 Å². The molecule has 1 fully saturated rings. The monoisotopic (exact) mass is 232 g/mol. The van der Waals surface area contributed by atoms with Crippen LogP contribution in [0.25, 0.3) is 0 Å². The predicted octanol–water partition coefficient (Wildman–Crippen LogP) is 3.66. The largest absolute Gasteiger partial charge is 0.481 e. The molecule has 0 amide bonds. The fourth-order valence-corrected chi connectivity index (χ4v) is 3.05. The lowest BCUT2D eigenvalue weighted by Crippen LogP contribution is -2.25. The van der Waals surface area contributed by atoms with E-state index in [4.69, 9.17) is 0 Å². The summed E-state index contributed by atoms with van der Waals surface area (Å²) in [4.78, 5) is 11.3. The van der Waals surface area contributed by atoms with Crippen molar-refractivity contribution >= 4 is 5.97 Å². The molecule has 2 unspecified atom stereocenters. The molecule has 0 spiro atoms. The van der Waals surface area contributed by atoms with Gasteiger partial charge in [-0.2, -0.15) is 0 Å². The molecule has 0 heterocycles. The molecule has 0 saturated heterocycles. The molecule has 1 aliphatic rings. The van der Waals surface area contributed by atoms with Gasteiger partial charge in [0.05, 0.1) is 5.92 Å². The van der Waals surface area contributed by atoms with Gasteiger partial charge in [0.2, 0.25) is 0 Å². The Bertz CT molecular complexity index is 403. The molecule has 1 aromatic carbocycles. The number of carboxylic acid groups (broad SMARTS) is 1. The molecule has 92 valence electrons. The highest BCUT2D eigenvalue weighted by Gasteiger charge is 2.31. The molecule has 2 nitrogen and oxygen atoms in total. The molecule has 0 aromatic heterocycles. The van der Waals surface area contributed by atoms with Crippen LogP contribution in [0.2, 0.25) is 0 Å². The summed E-state index contributed by atoms with van der Waals surface area (Å²) in [5.74, 6) is -0.612. The first-order valence-electron chi connectivity index (χ1n) is 6.39. The zero-order valence-electron chi connectivity index (χ0n) is 10.6. The Morgan fingerprint density at radius 1 is 1.12 bits per heavy atom. The molecule has 1 aromatic rings. The molecule has 2 atom stereocenters. The minimum Gasteiger partial charge on any atom is -0.481 e. The average Bonchev–Trinajstić information content (AvgIpc) is 2.27. The summed E-state index contributed by atoms with van der Waals surface area (Å²) >= 11 is 0. The summed E-state index contributed by atoms with van der Waals surface area (Å²) in [5, 5.41) is 9.31. The summed E-state index contributed by atoms with van der Waals surface area (Å²) < 4.78 is 0. The van der Waals surface area contributed by atoms with E-state index >= 15 is 0 Å². The van der Waals surface area contributed by atoms with Crippen LogP contribution in [0, 0.1) is 19.8 Å². The van der Waals surface area contributed by atoms with Crippen LogP contribution in [0.1, 0.15) is 48.3 Å². The Hall–Kier alpha value is -1.31. The molecule has 0 radical (unpaired) electrons. The van der Waals surface area contributed by atoms with E-state index in [2.05, 4.69) is 32.0 Å². The van der Waals surface area contributed by atoms with Crippen LogP contribution in [0.15, 0.2) is 18.2 Å². The van der Waals surface area contributed by atoms with Gasteiger partial charge in [0.1, 0.15) is 0 Å². The smallest absolute Gasteiger partial charge is 0.307 e. The fourth-order valence-electron chi connectivity index (χ4n) is 3.05. The Labute approximate surface area is 103 Å². The van der Waals surface area contributed by atoms with Crippen LogP contribution < -0.4 is 0 Å². The van der Waals surface area contributed by atoms with Crippen LogP contribution >= 0.6 is 0 Å². The number of hydrogen-bond acceptors (Lipinski definition) is 1. The molecule has 2 rings (SSSR count). The van der Waals surface area contributed by atoms with Gasteiger partial charge < -0.3 is 5.11 Å². The second kappa shape index (κ2) is 4.91. The molecule has 1 aliphatic carbocycles. The van der Waals surface area contributed by atoms with Crippen molar-refractivity contribution in [2.75, 3.05) is 0 Å². The summed E-state index contributed by atoms with van der Waals surface area (Å²) in [6.07, 6.45) is 4.05. The van der Waals surface area contributed by atoms with Gasteiger partial charge in [-0.3, -0.25) is 4.79 Å². The standard InChI is InChI=1S/C15H20O2/c1-10-7-11(2)9-12(8-10)13-5-3-4-6-14(13)15(16)17/h7-9,13-14H,3-6H2,1-2H3,(H,16,17). The molecule has 1 N–H and O–H groups in total. The molecule has 17 heavy (non-hydrogen) atoms. The van der Waals surface area contributed by atoms with Crippen molar-refractivity contribution in [3.63, 3.8) is 0 Å². The van der Waals surface area contributed by atoms with Crippen LogP contribution in [0.5, 0.6) is 0 Å². The minimum atomic E-state index is -0.631. The second-order valence-corrected chi connectivity index (χ2v) is 5.26. The van der Waals surface area contributed by atoms with Gasteiger partial charge in [-0.1, -0.05) is 42.2 Å². The summed E-state index contributed by atoms with van der Waals surface area (Å²) in [6.45, 7) is 4.16. The number of carboxylic acids is 1. The maximum Gasteiger partial charge on any atom is 0.307 e. The highest BCUT2D eigenvalue weighted by Crippen LogP contribution is 2.38. The summed E-state index contributed by atoms with van der Waals surface area (Å²) in [6, 6.07) is 6.44. The molecule has 2 heteroatoms. The van der Waals surface area contributed by atoms with Crippen molar-refractivity contribution in [2.24, 2.45) is 5.92 Å². The van der Waals surface area contributed by atoms with Crippen molar-refractivity contribution in [2.45, 2.75) is 45.4 Å². The highest BCUT2D eigenvalue weighted by molar-refractivity contribution is 5.71. The fraction of sp³-hybridized carbons (Fsp3) is 0.533. The van der Waals surface area contributed by atoms with E-state index in [1.54, 1.807) is 0 Å². The van der Waals surface area contributed by atoms with Gasteiger partial charge in [0, 0.05) is 0 Å². The first-order valence-corrected chi connectivity index (χ1v) is 6.39. The second-order valence-electron chi connectivity index (χ2n) is 5.26. The zero-order valence-corrected chi connectivity index (χ0v) is 10.6. The first-order chi connectivity index (χ1) is 8.08. The highest BCUT2D eigenvalue weighted by atomic mass is 16.4. The lowest BCUT2D eigenvalue weighted by Gasteiger charge is -2.29. The number of carbonyl (C=O) groups is 1. The van der Waals surface area contributed by atoms with Gasteiger partial charge in [0.25, 0.3) is 0 Å². The number of aryl methyl sites for hydroxylation is 2. The van der Waals surface area contributed by atoms with E-state index in [0.717, 1.165) is 25.7 Å². The lowest BCUT2D eigenvalue weighted by molar-refractivity contribution is -0.143. The van der Waals surface area contributed by atoms with Crippen LogP contribution in [0.3, 0.4) is 0 Å². The van der Waals surface area contributed by atoms with Gasteiger partial charge in [-0.05, 0) is 38.2 Å². The Morgan fingerprint density at radius 2 is 1.71 bits per heavy atom. The van der Waals surface area contributed by atoms with E-state index < -0.39 is 5.97 Å². The quantitative estimate of drug-likeness (QED) is 0.844. The Balaban J connectivity index is 2.32. The maximum atomic E-state index is 11.3. The van der Waals surface area contributed by atoms with E-state index in [1.807, 2.05) is 0 Å². The van der Waals surface area contributed by atoms with Crippen molar-refractivity contribution < 1.29 is 9.90 Å².